The van der Waals surface area contributed by atoms with Crippen molar-refractivity contribution in [3.05, 3.63) is 55.6 Å². The third-order valence-corrected chi connectivity index (χ3v) is 4.74. The van der Waals surface area contributed by atoms with E-state index in [1.54, 1.807) is 11.3 Å². The topological polar surface area (TPSA) is 12.0 Å². The zero-order valence-corrected chi connectivity index (χ0v) is 14.0. The first kappa shape index (κ1) is 15.0. The average Bonchev–Trinajstić information content (AvgIpc) is 2.88. The highest BCUT2D eigenvalue weighted by atomic mass is 79.9. The molecule has 0 amide bonds. The molecule has 1 N–H and O–H groups in total. The van der Waals surface area contributed by atoms with Crippen molar-refractivity contribution in [2.75, 3.05) is 6.54 Å². The molecule has 19 heavy (non-hydrogen) atoms. The van der Waals surface area contributed by atoms with E-state index in [2.05, 4.69) is 51.1 Å². The maximum Gasteiger partial charge on any atom is 0.0417 e. The van der Waals surface area contributed by atoms with E-state index in [-0.39, 0.29) is 0 Å². The molecule has 102 valence electrons. The first-order valence-electron chi connectivity index (χ1n) is 6.40. The third kappa shape index (κ3) is 4.32. The fraction of sp³-hybridized carbons (Fsp3) is 0.333. The summed E-state index contributed by atoms with van der Waals surface area (Å²) in [6.07, 6.45) is 2.18. The molecule has 2 rings (SSSR count). The van der Waals surface area contributed by atoms with Crippen LogP contribution in [-0.2, 0) is 6.42 Å². The van der Waals surface area contributed by atoms with E-state index in [0.29, 0.717) is 6.04 Å². The number of halogens is 2. The molecule has 0 aliphatic rings. The molecule has 0 bridgehead atoms. The van der Waals surface area contributed by atoms with E-state index < -0.39 is 0 Å². The van der Waals surface area contributed by atoms with Gasteiger partial charge in [0.25, 0.3) is 0 Å². The van der Waals surface area contributed by atoms with Gasteiger partial charge >= 0.3 is 0 Å². The van der Waals surface area contributed by atoms with Gasteiger partial charge in [-0.15, -0.1) is 0 Å². The Morgan fingerprint density at radius 3 is 2.84 bits per heavy atom. The maximum atomic E-state index is 6.01. The summed E-state index contributed by atoms with van der Waals surface area (Å²) in [7, 11) is 0. The first-order chi connectivity index (χ1) is 9.20. The molecule has 1 atom stereocenters. The summed E-state index contributed by atoms with van der Waals surface area (Å²) in [6, 6.07) is 8.58. The Kier molecular flexibility index (Phi) is 5.89. The molecule has 0 radical (unpaired) electrons. The molecule has 1 heterocycles. The van der Waals surface area contributed by atoms with E-state index in [4.69, 9.17) is 11.6 Å². The molecule has 0 aliphatic heterocycles. The SMILES string of the molecule is CCNC(CCc1ccsc1)c1ccc(Cl)cc1Br. The van der Waals surface area contributed by atoms with Gasteiger partial charge in [-0.25, -0.2) is 0 Å². The van der Waals surface area contributed by atoms with Gasteiger partial charge in [0.2, 0.25) is 0 Å². The summed E-state index contributed by atoms with van der Waals surface area (Å²) < 4.78 is 1.08. The van der Waals surface area contributed by atoms with E-state index in [1.165, 1.54) is 11.1 Å². The molecule has 0 spiro atoms. The van der Waals surface area contributed by atoms with E-state index in [0.717, 1.165) is 28.9 Å². The lowest BCUT2D eigenvalue weighted by Gasteiger charge is -2.19. The molecule has 2 aromatic rings. The molecule has 1 aromatic heterocycles. The predicted octanol–water partition coefficient (Wildman–Crippen LogP) is 5.45. The van der Waals surface area contributed by atoms with Gasteiger partial charge < -0.3 is 5.32 Å². The van der Waals surface area contributed by atoms with Crippen LogP contribution in [0.4, 0.5) is 0 Å². The summed E-state index contributed by atoms with van der Waals surface area (Å²) in [5.41, 5.74) is 2.69. The number of hydrogen-bond donors (Lipinski definition) is 1. The van der Waals surface area contributed by atoms with Gasteiger partial charge in [0.05, 0.1) is 0 Å². The smallest absolute Gasteiger partial charge is 0.0417 e. The summed E-state index contributed by atoms with van der Waals surface area (Å²) >= 11 is 11.4. The van der Waals surface area contributed by atoms with E-state index >= 15 is 0 Å². The van der Waals surface area contributed by atoms with Crippen LogP contribution in [0.2, 0.25) is 5.02 Å². The normalized spacial score (nSPS) is 12.6. The first-order valence-corrected chi connectivity index (χ1v) is 8.51. The van der Waals surface area contributed by atoms with Crippen LogP contribution in [0.25, 0.3) is 0 Å². The van der Waals surface area contributed by atoms with Gasteiger partial charge in [0, 0.05) is 15.5 Å². The summed E-state index contributed by atoms with van der Waals surface area (Å²) in [4.78, 5) is 0. The second-order valence-corrected chi connectivity index (χ2v) is 6.52. The van der Waals surface area contributed by atoms with Gasteiger partial charge in [0.1, 0.15) is 0 Å². The van der Waals surface area contributed by atoms with Crippen molar-refractivity contribution in [1.29, 1.82) is 0 Å². The van der Waals surface area contributed by atoms with Crippen LogP contribution in [-0.4, -0.2) is 6.54 Å². The quantitative estimate of drug-likeness (QED) is 0.724. The summed E-state index contributed by atoms with van der Waals surface area (Å²) in [5.74, 6) is 0. The Morgan fingerprint density at radius 2 is 2.21 bits per heavy atom. The Bertz CT molecular complexity index is 513. The van der Waals surface area contributed by atoms with Gasteiger partial charge in [-0.1, -0.05) is 40.5 Å². The molecular formula is C15H17BrClNS. The molecule has 1 unspecified atom stereocenters. The fourth-order valence-electron chi connectivity index (χ4n) is 2.14. The van der Waals surface area contributed by atoms with Crippen LogP contribution in [0.3, 0.4) is 0 Å². The minimum absolute atomic E-state index is 0.358. The molecule has 0 saturated heterocycles. The monoisotopic (exact) mass is 357 g/mol. The summed E-state index contributed by atoms with van der Waals surface area (Å²) in [6.45, 7) is 3.10. The van der Waals surface area contributed by atoms with Crippen LogP contribution in [0.5, 0.6) is 0 Å². The highest BCUT2D eigenvalue weighted by Crippen LogP contribution is 2.29. The molecule has 0 aliphatic carbocycles. The predicted molar refractivity (Wildman–Crippen MR) is 88.2 cm³/mol. The maximum absolute atomic E-state index is 6.01. The molecule has 4 heteroatoms. The van der Waals surface area contributed by atoms with Gasteiger partial charge in [0.15, 0.2) is 0 Å². The average molecular weight is 359 g/mol. The van der Waals surface area contributed by atoms with Gasteiger partial charge in [-0.05, 0) is 59.5 Å². The van der Waals surface area contributed by atoms with Crippen LogP contribution < -0.4 is 5.32 Å². The van der Waals surface area contributed by atoms with Crippen molar-refractivity contribution in [3.8, 4) is 0 Å². The number of rotatable bonds is 6. The van der Waals surface area contributed by atoms with Gasteiger partial charge in [-0.3, -0.25) is 0 Å². The lowest BCUT2D eigenvalue weighted by atomic mass is 10.00. The van der Waals surface area contributed by atoms with Crippen molar-refractivity contribution in [1.82, 2.24) is 5.32 Å². The van der Waals surface area contributed by atoms with Crippen molar-refractivity contribution in [2.45, 2.75) is 25.8 Å². The van der Waals surface area contributed by atoms with Crippen molar-refractivity contribution >= 4 is 38.9 Å². The number of nitrogens with one attached hydrogen (secondary N) is 1. The second-order valence-electron chi connectivity index (χ2n) is 4.45. The lowest BCUT2D eigenvalue weighted by Crippen LogP contribution is -2.21. The highest BCUT2D eigenvalue weighted by Gasteiger charge is 2.14. The minimum atomic E-state index is 0.358. The van der Waals surface area contributed by atoms with E-state index in [9.17, 15) is 0 Å². The zero-order chi connectivity index (χ0) is 13.7. The molecule has 0 saturated carbocycles. The number of benzene rings is 1. The van der Waals surface area contributed by atoms with Crippen molar-refractivity contribution in [3.63, 3.8) is 0 Å². The van der Waals surface area contributed by atoms with Crippen LogP contribution in [0.15, 0.2) is 39.5 Å². The highest BCUT2D eigenvalue weighted by molar-refractivity contribution is 9.10. The Morgan fingerprint density at radius 1 is 1.37 bits per heavy atom. The standard InChI is InChI=1S/C15H17BrClNS/c1-2-18-15(6-3-11-7-8-19-10-11)13-5-4-12(17)9-14(13)16/h4-5,7-10,15,18H,2-3,6H2,1H3. The largest absolute Gasteiger partial charge is 0.310 e. The van der Waals surface area contributed by atoms with Crippen LogP contribution in [0.1, 0.15) is 30.5 Å². The van der Waals surface area contributed by atoms with Crippen molar-refractivity contribution in [2.24, 2.45) is 0 Å². The van der Waals surface area contributed by atoms with Gasteiger partial charge in [-0.2, -0.15) is 11.3 Å². The summed E-state index contributed by atoms with van der Waals surface area (Å²) in [5, 5.41) is 8.68. The molecule has 1 nitrogen and oxygen atoms in total. The Labute approximate surface area is 132 Å². The molecule has 1 aromatic carbocycles. The number of aryl methyl sites for hydroxylation is 1. The number of hydrogen-bond acceptors (Lipinski definition) is 2. The van der Waals surface area contributed by atoms with E-state index in [1.807, 2.05) is 12.1 Å². The minimum Gasteiger partial charge on any atom is -0.310 e. The second kappa shape index (κ2) is 7.44. The Balaban J connectivity index is 2.10. The van der Waals surface area contributed by atoms with Crippen LogP contribution >= 0.6 is 38.9 Å². The zero-order valence-electron chi connectivity index (χ0n) is 10.8. The Hall–Kier alpha value is -0.350. The third-order valence-electron chi connectivity index (χ3n) is 3.09. The van der Waals surface area contributed by atoms with Crippen molar-refractivity contribution < 1.29 is 0 Å². The fourth-order valence-corrected chi connectivity index (χ4v) is 3.81. The molecule has 0 fully saturated rings. The number of thiophene rings is 1. The molecular weight excluding hydrogens is 342 g/mol. The lowest BCUT2D eigenvalue weighted by molar-refractivity contribution is 0.514. The van der Waals surface area contributed by atoms with Crippen LogP contribution in [0, 0.1) is 0 Å².